The van der Waals surface area contributed by atoms with Crippen molar-refractivity contribution in [2.75, 3.05) is 12.4 Å². The second-order valence-corrected chi connectivity index (χ2v) is 7.72. The summed E-state index contributed by atoms with van der Waals surface area (Å²) >= 11 is 0. The summed E-state index contributed by atoms with van der Waals surface area (Å²) in [4.78, 5) is 13.0. The Bertz CT molecular complexity index is 1100. The van der Waals surface area contributed by atoms with E-state index in [2.05, 4.69) is 15.7 Å². The van der Waals surface area contributed by atoms with Gasteiger partial charge in [0, 0.05) is 6.42 Å². The number of fused-ring (bicyclic) bond motifs is 1. The number of alkyl halides is 3. The number of aromatic nitrogens is 2. The van der Waals surface area contributed by atoms with Crippen molar-refractivity contribution < 1.29 is 22.7 Å². The van der Waals surface area contributed by atoms with E-state index < -0.39 is 24.2 Å². The Morgan fingerprint density at radius 3 is 2.66 bits per heavy atom. The molecule has 1 amide bonds. The first-order chi connectivity index (χ1) is 15.3. The maximum atomic E-state index is 13.9. The van der Waals surface area contributed by atoms with Gasteiger partial charge < -0.3 is 15.4 Å². The summed E-state index contributed by atoms with van der Waals surface area (Å²) in [5.41, 5.74) is 1.59. The van der Waals surface area contributed by atoms with Crippen molar-refractivity contribution in [3.8, 4) is 5.75 Å². The van der Waals surface area contributed by atoms with Gasteiger partial charge in [-0.2, -0.15) is 18.3 Å². The first-order valence-corrected chi connectivity index (χ1v) is 10.2. The number of hydrogen-bond donors (Lipinski definition) is 2. The minimum atomic E-state index is -4.52. The van der Waals surface area contributed by atoms with E-state index in [0.717, 1.165) is 10.2 Å². The molecule has 2 heterocycles. The van der Waals surface area contributed by atoms with Gasteiger partial charge in [0.1, 0.15) is 17.1 Å². The molecular weight excluding hydrogens is 421 g/mol. The van der Waals surface area contributed by atoms with Crippen molar-refractivity contribution in [2.45, 2.75) is 37.6 Å². The third-order valence-corrected chi connectivity index (χ3v) is 5.63. The lowest BCUT2D eigenvalue weighted by molar-refractivity contribution is -0.173. The van der Waals surface area contributed by atoms with Crippen LogP contribution in [0.3, 0.4) is 0 Å². The molecule has 0 radical (unpaired) electrons. The van der Waals surface area contributed by atoms with Crippen molar-refractivity contribution in [2.24, 2.45) is 0 Å². The number of anilines is 1. The second-order valence-electron chi connectivity index (χ2n) is 7.72. The predicted molar refractivity (Wildman–Crippen MR) is 114 cm³/mol. The Morgan fingerprint density at radius 2 is 1.97 bits per heavy atom. The van der Waals surface area contributed by atoms with Crippen molar-refractivity contribution in [1.82, 2.24) is 15.1 Å². The van der Waals surface area contributed by atoms with Crippen LogP contribution in [0.25, 0.3) is 0 Å². The van der Waals surface area contributed by atoms with E-state index in [-0.39, 0.29) is 23.8 Å². The fourth-order valence-electron chi connectivity index (χ4n) is 3.91. The van der Waals surface area contributed by atoms with Gasteiger partial charge in [-0.1, -0.05) is 42.5 Å². The molecule has 9 heteroatoms. The van der Waals surface area contributed by atoms with E-state index in [4.69, 9.17) is 4.74 Å². The molecule has 0 bridgehead atoms. The molecule has 2 N–H and O–H groups in total. The van der Waals surface area contributed by atoms with Gasteiger partial charge in [-0.05, 0) is 30.2 Å². The van der Waals surface area contributed by atoms with Gasteiger partial charge in [-0.15, -0.1) is 0 Å². The topological polar surface area (TPSA) is 68.2 Å². The van der Waals surface area contributed by atoms with Gasteiger partial charge in [0.2, 0.25) is 0 Å². The van der Waals surface area contributed by atoms with Crippen molar-refractivity contribution in [1.29, 1.82) is 0 Å². The largest absolute Gasteiger partial charge is 0.497 e. The molecule has 4 rings (SSSR count). The van der Waals surface area contributed by atoms with Crippen LogP contribution in [0.15, 0.2) is 60.8 Å². The van der Waals surface area contributed by atoms with Crippen LogP contribution in [0.5, 0.6) is 5.75 Å². The number of benzene rings is 2. The summed E-state index contributed by atoms with van der Waals surface area (Å²) in [6.07, 6.45) is -3.60. The lowest BCUT2D eigenvalue weighted by Gasteiger charge is -2.34. The van der Waals surface area contributed by atoms with E-state index in [1.165, 1.54) is 13.3 Å². The molecule has 0 aliphatic carbocycles. The highest BCUT2D eigenvalue weighted by atomic mass is 19.4. The van der Waals surface area contributed by atoms with Crippen molar-refractivity contribution in [3.05, 3.63) is 77.5 Å². The lowest BCUT2D eigenvalue weighted by Crippen LogP contribution is -2.36. The number of hydrogen-bond acceptors (Lipinski definition) is 4. The molecule has 3 aromatic rings. The molecule has 0 saturated carbocycles. The maximum Gasteiger partial charge on any atom is 0.410 e. The molecule has 0 fully saturated rings. The number of nitrogens with one attached hydrogen (secondary N) is 2. The quantitative estimate of drug-likeness (QED) is 0.578. The van der Waals surface area contributed by atoms with Gasteiger partial charge in [0.05, 0.1) is 25.4 Å². The van der Waals surface area contributed by atoms with Crippen LogP contribution >= 0.6 is 0 Å². The maximum absolute atomic E-state index is 13.9. The van der Waals surface area contributed by atoms with Gasteiger partial charge in [-0.25, -0.2) is 4.68 Å². The highest BCUT2D eigenvalue weighted by Gasteiger charge is 2.47. The Morgan fingerprint density at radius 1 is 1.22 bits per heavy atom. The van der Waals surface area contributed by atoms with Crippen LogP contribution in [0.1, 0.15) is 53.0 Å². The highest BCUT2D eigenvalue weighted by Crippen LogP contribution is 2.44. The minimum Gasteiger partial charge on any atom is -0.497 e. The van der Waals surface area contributed by atoms with Crippen LogP contribution in [0.2, 0.25) is 0 Å². The normalized spacial score (nSPS) is 18.9. The third-order valence-electron chi connectivity index (χ3n) is 5.63. The molecule has 6 nitrogen and oxygen atoms in total. The smallest absolute Gasteiger partial charge is 0.410 e. The summed E-state index contributed by atoms with van der Waals surface area (Å²) in [5, 5.41) is 9.85. The minimum absolute atomic E-state index is 0.0455. The predicted octanol–water partition coefficient (Wildman–Crippen LogP) is 5.04. The Balaban J connectivity index is 1.66. The molecule has 0 unspecified atom stereocenters. The van der Waals surface area contributed by atoms with Gasteiger partial charge in [-0.3, -0.25) is 4.79 Å². The molecule has 0 spiro atoms. The molecule has 0 saturated heterocycles. The summed E-state index contributed by atoms with van der Waals surface area (Å²) in [6, 6.07) is 13.3. The fraction of sp³-hybridized carbons (Fsp3) is 0.304. The highest BCUT2D eigenvalue weighted by molar-refractivity contribution is 5.99. The van der Waals surface area contributed by atoms with E-state index in [1.807, 2.05) is 37.3 Å². The molecule has 3 atom stereocenters. The molecule has 32 heavy (non-hydrogen) atoms. The molecule has 1 aromatic heterocycles. The number of amides is 1. The molecule has 1 aliphatic rings. The number of carbonyl (C=O) groups is 1. The number of halogens is 3. The zero-order valence-corrected chi connectivity index (χ0v) is 17.6. The zero-order chi connectivity index (χ0) is 22.9. The first kappa shape index (κ1) is 21.7. The molecular formula is C23H23F3N4O2. The van der Waals surface area contributed by atoms with Crippen LogP contribution in [0, 0.1) is 0 Å². The Labute approximate surface area is 183 Å². The average Bonchev–Trinajstić information content (AvgIpc) is 3.22. The number of methoxy groups -OCH3 is 1. The second kappa shape index (κ2) is 8.57. The summed E-state index contributed by atoms with van der Waals surface area (Å²) in [6.45, 7) is 1.81. The van der Waals surface area contributed by atoms with E-state index in [0.29, 0.717) is 11.3 Å². The van der Waals surface area contributed by atoms with Crippen LogP contribution in [-0.4, -0.2) is 29.0 Å². The monoisotopic (exact) mass is 444 g/mol. The van der Waals surface area contributed by atoms with Crippen LogP contribution in [-0.2, 0) is 0 Å². The van der Waals surface area contributed by atoms with E-state index in [9.17, 15) is 18.0 Å². The first-order valence-electron chi connectivity index (χ1n) is 10.2. The average molecular weight is 444 g/mol. The summed E-state index contributed by atoms with van der Waals surface area (Å²) < 4.78 is 47.7. The standard InChI is InChI=1S/C23H23F3N4O2/c1-14(15-7-4-3-5-8-15)28-22(31)18-13-27-30-20(23(24,25)26)12-19(29-21(18)30)16-9-6-10-17(11-16)32-2/h3-11,13-14,19-20,29H,12H2,1-2H3,(H,28,31)/t14-,19+,20+/m1/s1. The molecule has 2 aromatic carbocycles. The van der Waals surface area contributed by atoms with Crippen LogP contribution in [0.4, 0.5) is 19.0 Å². The molecule has 168 valence electrons. The molecule has 1 aliphatic heterocycles. The number of nitrogens with zero attached hydrogens (tertiary/aromatic N) is 2. The Kier molecular flexibility index (Phi) is 5.82. The van der Waals surface area contributed by atoms with Gasteiger partial charge >= 0.3 is 6.18 Å². The fourth-order valence-corrected chi connectivity index (χ4v) is 3.91. The Hall–Kier alpha value is -3.49. The summed E-state index contributed by atoms with van der Waals surface area (Å²) in [5.74, 6) is 0.0908. The van der Waals surface area contributed by atoms with Gasteiger partial charge in [0.25, 0.3) is 5.91 Å². The lowest BCUT2D eigenvalue weighted by atomic mass is 9.96. The van der Waals surface area contributed by atoms with Crippen molar-refractivity contribution >= 4 is 11.7 Å². The van der Waals surface area contributed by atoms with E-state index in [1.54, 1.807) is 24.3 Å². The number of carbonyl (C=O) groups excluding carboxylic acids is 1. The zero-order valence-electron chi connectivity index (χ0n) is 17.6. The van der Waals surface area contributed by atoms with Crippen LogP contribution < -0.4 is 15.4 Å². The van der Waals surface area contributed by atoms with Crippen molar-refractivity contribution in [3.63, 3.8) is 0 Å². The third kappa shape index (κ3) is 4.28. The SMILES string of the molecule is COc1cccc([C@@H]2C[C@@H](C(F)(F)F)n3ncc(C(=O)N[C@H](C)c4ccccc4)c3N2)c1. The number of ether oxygens (including phenoxy) is 1. The van der Waals surface area contributed by atoms with Gasteiger partial charge in [0.15, 0.2) is 6.04 Å². The van der Waals surface area contributed by atoms with E-state index >= 15 is 0 Å². The summed E-state index contributed by atoms with van der Waals surface area (Å²) in [7, 11) is 1.50. The number of rotatable bonds is 5.